The van der Waals surface area contributed by atoms with Gasteiger partial charge in [-0.1, -0.05) is 19.1 Å². The lowest BCUT2D eigenvalue weighted by Gasteiger charge is -2.46. The van der Waals surface area contributed by atoms with E-state index in [0.717, 1.165) is 30.8 Å². The molecule has 1 amide bonds. The number of carbonyl (C=O) groups is 1. The summed E-state index contributed by atoms with van der Waals surface area (Å²) in [6.07, 6.45) is 0.785. The largest absolute Gasteiger partial charge is 0.416 e. The van der Waals surface area contributed by atoms with Crippen LogP contribution in [0, 0.1) is 5.41 Å². The summed E-state index contributed by atoms with van der Waals surface area (Å²) >= 11 is 0. The van der Waals surface area contributed by atoms with Crippen molar-refractivity contribution in [1.82, 2.24) is 20.1 Å². The van der Waals surface area contributed by atoms with E-state index < -0.39 is 23.1 Å². The van der Waals surface area contributed by atoms with E-state index in [2.05, 4.69) is 22.4 Å². The maximum atomic E-state index is 14.2. The minimum atomic E-state index is -4.56. The van der Waals surface area contributed by atoms with Crippen molar-refractivity contribution in [3.05, 3.63) is 76.4 Å². The highest BCUT2D eigenvalue weighted by Gasteiger charge is 2.50. The summed E-state index contributed by atoms with van der Waals surface area (Å²) in [4.78, 5) is 15.0. The second-order valence-electron chi connectivity index (χ2n) is 11.6. The van der Waals surface area contributed by atoms with E-state index in [1.807, 2.05) is 29.8 Å². The van der Waals surface area contributed by atoms with Gasteiger partial charge >= 0.3 is 6.18 Å². The van der Waals surface area contributed by atoms with Crippen molar-refractivity contribution in [2.24, 2.45) is 12.5 Å². The van der Waals surface area contributed by atoms with Crippen LogP contribution >= 0.6 is 0 Å². The summed E-state index contributed by atoms with van der Waals surface area (Å²) in [7, 11) is 3.56. The second kappa shape index (κ2) is 9.16. The Labute approximate surface area is 225 Å². The lowest BCUT2D eigenvalue weighted by Crippen LogP contribution is -2.48. The molecular weight excluding hydrogens is 507 g/mol. The zero-order valence-corrected chi connectivity index (χ0v) is 22.3. The lowest BCUT2D eigenvalue weighted by atomic mass is 9.62. The molecule has 0 spiro atoms. The topological polar surface area (TPSA) is 72.3 Å². The van der Waals surface area contributed by atoms with E-state index in [1.54, 1.807) is 25.6 Å². The number of methoxy groups -OCH3 is 1. The summed E-state index contributed by atoms with van der Waals surface area (Å²) in [5, 5.41) is 11.7. The van der Waals surface area contributed by atoms with E-state index in [1.165, 1.54) is 11.0 Å². The van der Waals surface area contributed by atoms with Gasteiger partial charge < -0.3 is 19.5 Å². The summed E-state index contributed by atoms with van der Waals surface area (Å²) in [6, 6.07) is 10.3. The third-order valence-electron chi connectivity index (χ3n) is 8.73. The average molecular weight is 540 g/mol. The fourth-order valence-corrected chi connectivity index (χ4v) is 6.05. The number of aryl methyl sites for hydroxylation is 1. The molecule has 3 aromatic rings. The van der Waals surface area contributed by atoms with Crippen LogP contribution in [0.5, 0.6) is 0 Å². The van der Waals surface area contributed by atoms with Crippen LogP contribution in [0.3, 0.4) is 0 Å². The summed E-state index contributed by atoms with van der Waals surface area (Å²) in [6.45, 7) is 3.06. The third-order valence-corrected chi connectivity index (χ3v) is 8.73. The number of hydrogen-bond donors (Lipinski definition) is 1. The molecule has 1 aliphatic heterocycles. The first-order valence-electron chi connectivity index (χ1n) is 13.3. The number of alkyl halides is 3. The van der Waals surface area contributed by atoms with Gasteiger partial charge in [-0.05, 0) is 72.1 Å². The number of halogens is 3. The first-order valence-corrected chi connectivity index (χ1v) is 13.3. The van der Waals surface area contributed by atoms with Gasteiger partial charge in [0, 0.05) is 38.5 Å². The standard InChI is InChI=1S/C29H32F3N5O2/c1-27(7-8-27)16-33-14-18-9-22-23(24(10-18)29(30,31)32)15-37(25(22)38)20-6-4-5-19(11-20)28(12-21(13-28)39-3)26-35-34-17-36(26)2/h4-6,9-11,17,21,33H,7-8,12-16H2,1-3H3/t21-,28-. The molecule has 6 rings (SSSR count). The molecule has 2 fully saturated rings. The molecule has 0 unspecified atom stereocenters. The SMILES string of the molecule is CO[C@H]1C[C@](c2cccc(N3Cc4c(cc(CNCC5(C)CC5)cc4C(F)(F)F)C3=O)c2)(c2nncn2C)C1. The Hall–Kier alpha value is -3.24. The number of nitrogens with one attached hydrogen (secondary N) is 1. The summed E-state index contributed by atoms with van der Waals surface area (Å²) in [5.74, 6) is 0.375. The zero-order chi connectivity index (χ0) is 27.6. The number of benzene rings is 2. The summed E-state index contributed by atoms with van der Waals surface area (Å²) < 4.78 is 49.9. The predicted molar refractivity (Wildman–Crippen MR) is 139 cm³/mol. The van der Waals surface area contributed by atoms with Crippen LogP contribution in [-0.2, 0) is 36.5 Å². The Bertz CT molecular complexity index is 1420. The second-order valence-corrected chi connectivity index (χ2v) is 11.6. The van der Waals surface area contributed by atoms with Crippen molar-refractivity contribution in [1.29, 1.82) is 0 Å². The van der Waals surface area contributed by atoms with Crippen LogP contribution in [0.25, 0.3) is 0 Å². The molecule has 0 radical (unpaired) electrons. The minimum absolute atomic E-state index is 0.0295. The number of hydrogen-bond acceptors (Lipinski definition) is 5. The first-order chi connectivity index (χ1) is 18.5. The fraction of sp³-hybridized carbons (Fsp3) is 0.483. The maximum Gasteiger partial charge on any atom is 0.416 e. The first kappa shape index (κ1) is 26.0. The molecule has 2 saturated carbocycles. The van der Waals surface area contributed by atoms with E-state index in [4.69, 9.17) is 4.74 Å². The molecule has 2 aliphatic carbocycles. The number of fused-ring (bicyclic) bond motifs is 1. The van der Waals surface area contributed by atoms with Crippen molar-refractivity contribution >= 4 is 11.6 Å². The van der Waals surface area contributed by atoms with Gasteiger partial charge in [-0.15, -0.1) is 10.2 Å². The van der Waals surface area contributed by atoms with E-state index in [0.29, 0.717) is 24.1 Å². The quantitative estimate of drug-likeness (QED) is 0.437. The Kier molecular flexibility index (Phi) is 6.11. The molecule has 7 nitrogen and oxygen atoms in total. The van der Waals surface area contributed by atoms with Crippen LogP contribution in [0.4, 0.5) is 18.9 Å². The van der Waals surface area contributed by atoms with E-state index >= 15 is 0 Å². The molecule has 1 N–H and O–H groups in total. The Morgan fingerprint density at radius 2 is 1.95 bits per heavy atom. The zero-order valence-electron chi connectivity index (χ0n) is 22.3. The number of ether oxygens (including phenoxy) is 1. The van der Waals surface area contributed by atoms with Gasteiger partial charge in [0.1, 0.15) is 12.2 Å². The van der Waals surface area contributed by atoms with Crippen LogP contribution in [0.2, 0.25) is 0 Å². The monoisotopic (exact) mass is 539 g/mol. The molecule has 0 saturated heterocycles. The van der Waals surface area contributed by atoms with Crippen molar-refractivity contribution in [3.63, 3.8) is 0 Å². The van der Waals surface area contributed by atoms with Gasteiger partial charge in [0.25, 0.3) is 5.91 Å². The highest BCUT2D eigenvalue weighted by Crippen LogP contribution is 2.50. The van der Waals surface area contributed by atoms with E-state index in [-0.39, 0.29) is 35.7 Å². The molecule has 3 aliphatic rings. The number of anilines is 1. The number of nitrogens with zero attached hydrogens (tertiary/aromatic N) is 4. The maximum absolute atomic E-state index is 14.2. The van der Waals surface area contributed by atoms with Crippen LogP contribution < -0.4 is 10.2 Å². The Balaban J connectivity index is 1.32. The number of aromatic nitrogens is 3. The predicted octanol–water partition coefficient (Wildman–Crippen LogP) is 4.98. The number of amides is 1. The summed E-state index contributed by atoms with van der Waals surface area (Å²) in [5.41, 5.74) is 1.15. The normalized spacial score (nSPS) is 23.6. The molecule has 2 aromatic carbocycles. The van der Waals surface area contributed by atoms with Gasteiger partial charge in [-0.25, -0.2) is 0 Å². The van der Waals surface area contributed by atoms with Gasteiger partial charge in [0.2, 0.25) is 0 Å². The van der Waals surface area contributed by atoms with Crippen LogP contribution in [-0.4, -0.2) is 40.4 Å². The minimum Gasteiger partial charge on any atom is -0.381 e. The van der Waals surface area contributed by atoms with Crippen molar-refractivity contribution in [3.8, 4) is 0 Å². The third kappa shape index (κ3) is 4.53. The highest BCUT2D eigenvalue weighted by atomic mass is 19.4. The van der Waals surface area contributed by atoms with E-state index in [9.17, 15) is 18.0 Å². The van der Waals surface area contributed by atoms with Gasteiger partial charge in [-0.3, -0.25) is 4.79 Å². The fourth-order valence-electron chi connectivity index (χ4n) is 6.05. The van der Waals surface area contributed by atoms with Crippen LogP contribution in [0.1, 0.15) is 71.0 Å². The molecular formula is C29H32F3N5O2. The highest BCUT2D eigenvalue weighted by molar-refractivity contribution is 6.10. The van der Waals surface area contributed by atoms with Gasteiger partial charge in [-0.2, -0.15) is 13.2 Å². The average Bonchev–Trinajstić information content (AvgIpc) is 3.29. The van der Waals surface area contributed by atoms with Gasteiger partial charge in [0.15, 0.2) is 0 Å². The van der Waals surface area contributed by atoms with Crippen molar-refractivity contribution in [2.75, 3.05) is 18.6 Å². The molecule has 10 heteroatoms. The molecule has 39 heavy (non-hydrogen) atoms. The Morgan fingerprint density at radius 3 is 2.59 bits per heavy atom. The van der Waals surface area contributed by atoms with Crippen molar-refractivity contribution < 1.29 is 22.7 Å². The number of carbonyl (C=O) groups excluding carboxylic acids is 1. The molecule has 0 atom stereocenters. The Morgan fingerprint density at radius 1 is 1.18 bits per heavy atom. The molecule has 0 bridgehead atoms. The van der Waals surface area contributed by atoms with Gasteiger partial charge in [0.05, 0.1) is 23.6 Å². The number of rotatable bonds is 8. The molecule has 2 heterocycles. The smallest absolute Gasteiger partial charge is 0.381 e. The van der Waals surface area contributed by atoms with Crippen LogP contribution in [0.15, 0.2) is 42.7 Å². The molecule has 206 valence electrons. The lowest BCUT2D eigenvalue weighted by molar-refractivity contribution is -0.138. The van der Waals surface area contributed by atoms with Crippen molar-refractivity contribution in [2.45, 2.75) is 63.4 Å². The molecule has 1 aromatic heterocycles.